The first-order chi connectivity index (χ1) is 10.0. The molecule has 0 heterocycles. The first-order valence-electron chi connectivity index (χ1n) is 6.64. The van der Waals surface area contributed by atoms with E-state index >= 15 is 0 Å². The predicted molar refractivity (Wildman–Crippen MR) is 88.3 cm³/mol. The normalized spacial score (nSPS) is 12.4. The Bertz CT molecular complexity index is 632. The van der Waals surface area contributed by atoms with Crippen molar-refractivity contribution in [2.24, 2.45) is 0 Å². The highest BCUT2D eigenvalue weighted by molar-refractivity contribution is 9.11. The van der Waals surface area contributed by atoms with Gasteiger partial charge in [-0.3, -0.25) is 0 Å². The first kappa shape index (κ1) is 16.6. The molecule has 0 amide bonds. The van der Waals surface area contributed by atoms with Gasteiger partial charge in [0.15, 0.2) is 11.6 Å². The largest absolute Gasteiger partial charge is 0.310 e. The summed E-state index contributed by atoms with van der Waals surface area (Å²) < 4.78 is 29.1. The minimum atomic E-state index is -0.809. The van der Waals surface area contributed by atoms with Crippen LogP contribution in [-0.2, 0) is 6.42 Å². The second-order valence-corrected chi connectivity index (χ2v) is 6.46. The minimum Gasteiger partial charge on any atom is -0.310 e. The van der Waals surface area contributed by atoms with E-state index in [0.29, 0.717) is 12.0 Å². The molecule has 0 aliphatic heterocycles. The fraction of sp³-hybridized carbons (Fsp3) is 0.250. The Hall–Kier alpha value is -0.780. The average Bonchev–Trinajstić information content (AvgIpc) is 2.46. The SMILES string of the molecule is CCNC(Cc1cccc(F)c1F)c1cc(Br)ccc1Br. The molecule has 5 heteroatoms. The predicted octanol–water partition coefficient (Wildman–Crippen LogP) is 5.38. The Morgan fingerprint density at radius 3 is 2.62 bits per heavy atom. The van der Waals surface area contributed by atoms with Crippen LogP contribution in [0, 0.1) is 11.6 Å². The maximum absolute atomic E-state index is 13.9. The summed E-state index contributed by atoms with van der Waals surface area (Å²) in [6.45, 7) is 2.72. The molecular formula is C16H15Br2F2N. The van der Waals surface area contributed by atoms with Gasteiger partial charge >= 0.3 is 0 Å². The highest BCUT2D eigenvalue weighted by Crippen LogP contribution is 2.30. The van der Waals surface area contributed by atoms with Crippen LogP contribution in [0.25, 0.3) is 0 Å². The molecule has 1 unspecified atom stereocenters. The third-order valence-corrected chi connectivity index (χ3v) is 4.46. The van der Waals surface area contributed by atoms with Crippen LogP contribution >= 0.6 is 31.9 Å². The molecule has 0 radical (unpaired) electrons. The molecule has 0 aromatic heterocycles. The van der Waals surface area contributed by atoms with Gasteiger partial charge in [-0.25, -0.2) is 8.78 Å². The molecule has 21 heavy (non-hydrogen) atoms. The van der Waals surface area contributed by atoms with Gasteiger partial charge in [-0.05, 0) is 48.4 Å². The zero-order valence-corrected chi connectivity index (χ0v) is 14.6. The number of hydrogen-bond donors (Lipinski definition) is 1. The van der Waals surface area contributed by atoms with Crippen LogP contribution in [-0.4, -0.2) is 6.54 Å². The average molecular weight is 419 g/mol. The van der Waals surface area contributed by atoms with Crippen molar-refractivity contribution < 1.29 is 8.78 Å². The first-order valence-corrected chi connectivity index (χ1v) is 8.22. The zero-order chi connectivity index (χ0) is 15.4. The fourth-order valence-corrected chi connectivity index (χ4v) is 3.15. The van der Waals surface area contributed by atoms with Gasteiger partial charge < -0.3 is 5.32 Å². The summed E-state index contributed by atoms with van der Waals surface area (Å²) in [6, 6.07) is 10.0. The van der Waals surface area contributed by atoms with Crippen LogP contribution in [0.2, 0.25) is 0 Å². The Morgan fingerprint density at radius 1 is 1.14 bits per heavy atom. The van der Waals surface area contributed by atoms with Gasteiger partial charge in [0.05, 0.1) is 0 Å². The summed E-state index contributed by atoms with van der Waals surface area (Å²) in [4.78, 5) is 0. The topological polar surface area (TPSA) is 12.0 Å². The maximum Gasteiger partial charge on any atom is 0.162 e. The van der Waals surface area contributed by atoms with Gasteiger partial charge in [0.25, 0.3) is 0 Å². The van der Waals surface area contributed by atoms with Crippen molar-refractivity contribution in [3.05, 3.63) is 68.1 Å². The van der Waals surface area contributed by atoms with E-state index in [-0.39, 0.29) is 6.04 Å². The smallest absolute Gasteiger partial charge is 0.162 e. The van der Waals surface area contributed by atoms with Gasteiger partial charge in [0.1, 0.15) is 0 Å². The highest BCUT2D eigenvalue weighted by Gasteiger charge is 2.18. The summed E-state index contributed by atoms with van der Waals surface area (Å²) in [6.07, 6.45) is 0.381. The molecule has 112 valence electrons. The lowest BCUT2D eigenvalue weighted by atomic mass is 9.98. The Labute approximate surface area is 140 Å². The third-order valence-electron chi connectivity index (χ3n) is 3.24. The van der Waals surface area contributed by atoms with Crippen molar-refractivity contribution in [3.8, 4) is 0 Å². The molecule has 1 atom stereocenters. The van der Waals surface area contributed by atoms with Gasteiger partial charge in [-0.15, -0.1) is 0 Å². The Balaban J connectivity index is 2.35. The molecular weight excluding hydrogens is 404 g/mol. The summed E-state index contributed by atoms with van der Waals surface area (Å²) in [5.41, 5.74) is 1.38. The van der Waals surface area contributed by atoms with Crippen LogP contribution < -0.4 is 5.32 Å². The van der Waals surface area contributed by atoms with Crippen LogP contribution in [0.4, 0.5) is 8.78 Å². The monoisotopic (exact) mass is 417 g/mol. The van der Waals surface area contributed by atoms with E-state index in [1.165, 1.54) is 6.07 Å². The fourth-order valence-electron chi connectivity index (χ4n) is 2.25. The van der Waals surface area contributed by atoms with Crippen molar-refractivity contribution in [1.29, 1.82) is 0 Å². The molecule has 2 rings (SSSR count). The van der Waals surface area contributed by atoms with Crippen molar-refractivity contribution in [1.82, 2.24) is 5.32 Å². The second-order valence-electron chi connectivity index (χ2n) is 4.69. The standard InChI is InChI=1S/C16H15Br2F2N/c1-2-21-15(12-9-11(17)6-7-13(12)18)8-10-4-3-5-14(19)16(10)20/h3-7,9,15,21H,2,8H2,1H3. The zero-order valence-electron chi connectivity index (χ0n) is 11.5. The molecule has 0 spiro atoms. The van der Waals surface area contributed by atoms with E-state index in [2.05, 4.69) is 37.2 Å². The van der Waals surface area contributed by atoms with E-state index < -0.39 is 11.6 Å². The number of rotatable bonds is 5. The van der Waals surface area contributed by atoms with Crippen LogP contribution in [0.1, 0.15) is 24.1 Å². The quantitative estimate of drug-likeness (QED) is 0.686. The minimum absolute atomic E-state index is 0.0989. The summed E-state index contributed by atoms with van der Waals surface area (Å²) in [5, 5.41) is 3.32. The van der Waals surface area contributed by atoms with Crippen LogP contribution in [0.15, 0.2) is 45.3 Å². The third kappa shape index (κ3) is 4.11. The van der Waals surface area contributed by atoms with Gasteiger partial charge in [-0.1, -0.05) is 50.9 Å². The number of likely N-dealkylation sites (N-methyl/N-ethyl adjacent to an activating group) is 1. The van der Waals surface area contributed by atoms with E-state index in [9.17, 15) is 8.78 Å². The van der Waals surface area contributed by atoms with Crippen molar-refractivity contribution in [3.63, 3.8) is 0 Å². The number of benzene rings is 2. The lowest BCUT2D eigenvalue weighted by molar-refractivity contribution is 0.480. The highest BCUT2D eigenvalue weighted by atomic mass is 79.9. The van der Waals surface area contributed by atoms with Crippen molar-refractivity contribution in [2.45, 2.75) is 19.4 Å². The van der Waals surface area contributed by atoms with E-state index in [0.717, 1.165) is 27.1 Å². The second kappa shape index (κ2) is 7.47. The van der Waals surface area contributed by atoms with Gasteiger partial charge in [0, 0.05) is 15.0 Å². The van der Waals surface area contributed by atoms with E-state index in [1.807, 2.05) is 25.1 Å². The summed E-state index contributed by atoms with van der Waals surface area (Å²) in [5.74, 6) is -1.58. The summed E-state index contributed by atoms with van der Waals surface area (Å²) >= 11 is 6.96. The van der Waals surface area contributed by atoms with Crippen molar-refractivity contribution in [2.75, 3.05) is 6.54 Å². The van der Waals surface area contributed by atoms with Gasteiger partial charge in [-0.2, -0.15) is 0 Å². The molecule has 0 aliphatic carbocycles. The maximum atomic E-state index is 13.9. The number of hydrogen-bond acceptors (Lipinski definition) is 1. The lowest BCUT2D eigenvalue weighted by Gasteiger charge is -2.20. The molecule has 0 saturated heterocycles. The van der Waals surface area contributed by atoms with Crippen LogP contribution in [0.5, 0.6) is 0 Å². The number of nitrogens with one attached hydrogen (secondary N) is 1. The molecule has 0 fully saturated rings. The Morgan fingerprint density at radius 2 is 1.90 bits per heavy atom. The van der Waals surface area contributed by atoms with Crippen LogP contribution in [0.3, 0.4) is 0 Å². The molecule has 2 aromatic rings. The van der Waals surface area contributed by atoms with Crippen molar-refractivity contribution >= 4 is 31.9 Å². The molecule has 1 nitrogen and oxygen atoms in total. The number of halogens is 4. The van der Waals surface area contributed by atoms with E-state index in [4.69, 9.17) is 0 Å². The molecule has 2 aromatic carbocycles. The van der Waals surface area contributed by atoms with E-state index in [1.54, 1.807) is 6.07 Å². The Kier molecular flexibility index (Phi) is 5.90. The molecule has 0 bridgehead atoms. The summed E-state index contributed by atoms with van der Waals surface area (Å²) in [7, 11) is 0. The molecule has 0 saturated carbocycles. The lowest BCUT2D eigenvalue weighted by Crippen LogP contribution is -2.24. The molecule has 1 N–H and O–H groups in total. The molecule has 0 aliphatic rings. The van der Waals surface area contributed by atoms with Gasteiger partial charge in [0.2, 0.25) is 0 Å².